The standard InChI is InChI=1S/C45H55N13O2/c1-32-44(33(2)58(52-32)36-11-4-3-5-12-36)56-19-7-10-35(29-56)51-43-26-38(14-17-47-43)54-22-24-60-41(31-54)40-30-53(21-23-59-40)37-13-16-46-42(25-37)50-34-9-6-18-55(28-34)39-27-49-57-20-8-15-48-45(39)57/h3-5,8,11-17,20,25-27,34-35,40-41H,6-7,9-10,18-19,21-24,28-31H2,1-2H3,(H,46,50)(H,47,51)/t34-,35-,40?,41?/m1/s1. The highest BCUT2D eigenvalue weighted by Gasteiger charge is 2.34. The first-order chi connectivity index (χ1) is 29.5. The minimum atomic E-state index is -0.0525. The molecule has 0 amide bonds. The summed E-state index contributed by atoms with van der Waals surface area (Å²) >= 11 is 0. The molecule has 4 atom stereocenters. The topological polar surface area (TPSA) is 129 Å². The molecule has 312 valence electrons. The SMILES string of the molecule is Cc1nn(-c2ccccc2)c(C)c1N1CCC[C@@H](Nc2cc(N3CCOC(C4CN(c5ccnc(N[C@@H]6CCCN(c7cnn8cccnc78)C6)c5)CCO4)C3)ccn2)C1. The van der Waals surface area contributed by atoms with Crippen LogP contribution in [-0.4, -0.2) is 124 Å². The smallest absolute Gasteiger partial charge is 0.178 e. The van der Waals surface area contributed by atoms with Gasteiger partial charge in [0, 0.05) is 113 Å². The van der Waals surface area contributed by atoms with E-state index in [0.717, 1.165) is 124 Å². The van der Waals surface area contributed by atoms with E-state index < -0.39 is 0 Å². The first-order valence-corrected chi connectivity index (χ1v) is 21.6. The second kappa shape index (κ2) is 17.0. The van der Waals surface area contributed by atoms with Gasteiger partial charge in [0.25, 0.3) is 0 Å². The van der Waals surface area contributed by atoms with E-state index >= 15 is 0 Å². The van der Waals surface area contributed by atoms with Gasteiger partial charge >= 0.3 is 0 Å². The van der Waals surface area contributed by atoms with Crippen LogP contribution in [0.5, 0.6) is 0 Å². The molecule has 5 aromatic heterocycles. The number of nitrogens with one attached hydrogen (secondary N) is 2. The van der Waals surface area contributed by atoms with Crippen molar-refractivity contribution in [3.63, 3.8) is 0 Å². The molecule has 4 fully saturated rings. The Labute approximate surface area is 351 Å². The summed E-state index contributed by atoms with van der Waals surface area (Å²) in [6.45, 7) is 12.5. The van der Waals surface area contributed by atoms with Crippen LogP contribution < -0.4 is 30.2 Å². The molecule has 0 spiro atoms. The van der Waals surface area contributed by atoms with Gasteiger partial charge in [0.1, 0.15) is 29.5 Å². The van der Waals surface area contributed by atoms with Crippen molar-refractivity contribution in [2.45, 2.75) is 63.8 Å². The minimum absolute atomic E-state index is 0.0524. The Morgan fingerprint density at radius 1 is 0.633 bits per heavy atom. The van der Waals surface area contributed by atoms with E-state index in [2.05, 4.69) is 107 Å². The molecule has 0 bridgehead atoms. The van der Waals surface area contributed by atoms with E-state index in [1.807, 2.05) is 47.6 Å². The van der Waals surface area contributed by atoms with Crippen LogP contribution in [0.1, 0.15) is 37.1 Å². The molecule has 10 rings (SSSR count). The van der Waals surface area contributed by atoms with E-state index in [-0.39, 0.29) is 24.3 Å². The molecule has 0 radical (unpaired) electrons. The molecular weight excluding hydrogens is 755 g/mol. The van der Waals surface area contributed by atoms with Gasteiger partial charge in [0.05, 0.1) is 42.2 Å². The fourth-order valence-corrected chi connectivity index (χ4v) is 9.64. The van der Waals surface area contributed by atoms with Crippen LogP contribution >= 0.6 is 0 Å². The number of benzene rings is 1. The molecular formula is C45H55N13O2. The van der Waals surface area contributed by atoms with Crippen molar-refractivity contribution in [1.82, 2.24) is 34.3 Å². The number of anilines is 6. The third-order valence-electron chi connectivity index (χ3n) is 12.5. The second-order valence-electron chi connectivity index (χ2n) is 16.6. The van der Waals surface area contributed by atoms with Gasteiger partial charge in [-0.05, 0) is 69.9 Å². The Morgan fingerprint density at radius 3 is 1.93 bits per heavy atom. The lowest BCUT2D eigenvalue weighted by Gasteiger charge is -2.42. The molecule has 2 N–H and O–H groups in total. The zero-order valence-corrected chi connectivity index (χ0v) is 34.6. The van der Waals surface area contributed by atoms with Gasteiger partial charge in [-0.25, -0.2) is 24.1 Å². The van der Waals surface area contributed by atoms with Gasteiger partial charge in [0.15, 0.2) is 5.65 Å². The highest BCUT2D eigenvalue weighted by atomic mass is 16.5. The lowest BCUT2D eigenvalue weighted by Crippen LogP contribution is -2.55. The molecule has 6 aromatic rings. The van der Waals surface area contributed by atoms with E-state index in [0.29, 0.717) is 13.2 Å². The van der Waals surface area contributed by atoms with Gasteiger partial charge in [0.2, 0.25) is 0 Å². The maximum absolute atomic E-state index is 6.42. The van der Waals surface area contributed by atoms with Crippen molar-refractivity contribution in [2.75, 3.05) is 95.8 Å². The third-order valence-corrected chi connectivity index (χ3v) is 12.5. The first kappa shape index (κ1) is 38.3. The summed E-state index contributed by atoms with van der Waals surface area (Å²) in [5, 5.41) is 17.0. The van der Waals surface area contributed by atoms with Gasteiger partial charge in [-0.2, -0.15) is 10.2 Å². The summed E-state index contributed by atoms with van der Waals surface area (Å²) in [5.41, 5.74) is 8.84. The Morgan fingerprint density at radius 2 is 1.27 bits per heavy atom. The van der Waals surface area contributed by atoms with Gasteiger partial charge < -0.3 is 39.7 Å². The quantitative estimate of drug-likeness (QED) is 0.179. The van der Waals surface area contributed by atoms with Crippen LogP contribution in [0.2, 0.25) is 0 Å². The van der Waals surface area contributed by atoms with Gasteiger partial charge in [-0.15, -0.1) is 0 Å². The molecule has 2 unspecified atom stereocenters. The number of ether oxygens (including phenoxy) is 2. The Bertz CT molecular complexity index is 2390. The van der Waals surface area contributed by atoms with Crippen molar-refractivity contribution in [2.24, 2.45) is 0 Å². The third kappa shape index (κ3) is 8.03. The highest BCUT2D eigenvalue weighted by molar-refractivity contribution is 5.68. The molecule has 15 nitrogen and oxygen atoms in total. The summed E-state index contributed by atoms with van der Waals surface area (Å²) in [5.74, 6) is 1.80. The molecule has 0 saturated carbocycles. The number of pyridine rings is 2. The van der Waals surface area contributed by atoms with Crippen LogP contribution in [0.15, 0.2) is 91.6 Å². The number of hydrogen-bond donors (Lipinski definition) is 2. The Hall–Kier alpha value is -5.93. The average molecular weight is 810 g/mol. The number of nitrogens with zero attached hydrogens (tertiary/aromatic N) is 11. The Kier molecular flexibility index (Phi) is 10.8. The van der Waals surface area contributed by atoms with Crippen molar-refractivity contribution >= 4 is 40.0 Å². The highest BCUT2D eigenvalue weighted by Crippen LogP contribution is 2.32. The molecule has 0 aliphatic carbocycles. The fourth-order valence-electron chi connectivity index (χ4n) is 9.64. The van der Waals surface area contributed by atoms with Crippen LogP contribution in [0, 0.1) is 13.8 Å². The van der Waals surface area contributed by atoms with Crippen LogP contribution in [-0.2, 0) is 9.47 Å². The number of piperidine rings is 2. The van der Waals surface area contributed by atoms with Gasteiger partial charge in [-0.3, -0.25) is 0 Å². The molecule has 1 aromatic carbocycles. The summed E-state index contributed by atoms with van der Waals surface area (Å²) in [6.07, 6.45) is 13.8. The van der Waals surface area contributed by atoms with Crippen molar-refractivity contribution < 1.29 is 9.47 Å². The second-order valence-corrected chi connectivity index (χ2v) is 16.6. The number of fused-ring (bicyclic) bond motifs is 1. The number of aryl methyl sites for hydroxylation is 1. The number of morpholine rings is 2. The molecule has 60 heavy (non-hydrogen) atoms. The molecule has 15 heteroatoms. The maximum Gasteiger partial charge on any atom is 0.178 e. The van der Waals surface area contributed by atoms with Crippen LogP contribution in [0.25, 0.3) is 11.3 Å². The van der Waals surface area contributed by atoms with Crippen molar-refractivity contribution in [3.05, 3.63) is 103 Å². The zero-order chi connectivity index (χ0) is 40.4. The molecule has 4 saturated heterocycles. The van der Waals surface area contributed by atoms with Crippen molar-refractivity contribution in [3.8, 4) is 5.69 Å². The van der Waals surface area contributed by atoms with Crippen LogP contribution in [0.3, 0.4) is 0 Å². The monoisotopic (exact) mass is 809 g/mol. The van der Waals surface area contributed by atoms with Crippen LogP contribution in [0.4, 0.5) is 34.4 Å². The predicted octanol–water partition coefficient (Wildman–Crippen LogP) is 5.59. The average Bonchev–Trinajstić information content (AvgIpc) is 3.87. The molecule has 4 aliphatic rings. The van der Waals surface area contributed by atoms with Crippen molar-refractivity contribution in [1.29, 1.82) is 0 Å². The number of hydrogen-bond acceptors (Lipinski definition) is 13. The largest absolute Gasteiger partial charge is 0.372 e. The summed E-state index contributed by atoms with van der Waals surface area (Å²) in [7, 11) is 0. The maximum atomic E-state index is 6.42. The fraction of sp³-hybridized carbons (Fsp3) is 0.444. The molecule has 9 heterocycles. The van der Waals surface area contributed by atoms with E-state index in [1.54, 1.807) is 0 Å². The van der Waals surface area contributed by atoms with E-state index in [1.165, 1.54) is 11.4 Å². The summed E-state index contributed by atoms with van der Waals surface area (Å²) in [6, 6.07) is 21.5. The number of para-hydroxylation sites is 1. The van der Waals surface area contributed by atoms with E-state index in [4.69, 9.17) is 24.5 Å². The minimum Gasteiger partial charge on any atom is -0.372 e. The predicted molar refractivity (Wildman–Crippen MR) is 236 cm³/mol. The zero-order valence-electron chi connectivity index (χ0n) is 34.6. The lowest BCUT2D eigenvalue weighted by atomic mass is 10.0. The normalized spacial score (nSPS) is 22.6. The Balaban J connectivity index is 0.755. The molecule has 4 aliphatic heterocycles. The lowest BCUT2D eigenvalue weighted by molar-refractivity contribution is -0.0825. The number of rotatable bonds is 10. The van der Waals surface area contributed by atoms with Gasteiger partial charge in [-0.1, -0.05) is 18.2 Å². The first-order valence-electron chi connectivity index (χ1n) is 21.6. The summed E-state index contributed by atoms with van der Waals surface area (Å²) < 4.78 is 16.8. The number of aromatic nitrogens is 7. The summed E-state index contributed by atoms with van der Waals surface area (Å²) in [4.78, 5) is 23.8. The van der Waals surface area contributed by atoms with E-state index in [9.17, 15) is 0 Å².